The number of benzene rings is 1. The highest BCUT2D eigenvalue weighted by molar-refractivity contribution is 5.99. The summed E-state index contributed by atoms with van der Waals surface area (Å²) in [6.07, 6.45) is -1.05. The Hall–Kier alpha value is -1.55. The van der Waals surface area contributed by atoms with Crippen LogP contribution in [0.15, 0.2) is 18.2 Å². The third kappa shape index (κ3) is 2.03. The Balaban J connectivity index is 3.06. The monoisotopic (exact) mass is 196 g/mol. The summed E-state index contributed by atoms with van der Waals surface area (Å²) in [5.41, 5.74) is 0.314. The normalized spacial score (nSPS) is 12.2. The van der Waals surface area contributed by atoms with Crippen LogP contribution >= 0.6 is 0 Å². The molecule has 0 aromatic heterocycles. The molecule has 1 aromatic rings. The second-order valence-corrected chi connectivity index (χ2v) is 2.93. The summed E-state index contributed by atoms with van der Waals surface area (Å²) in [6.45, 7) is 1.39. The first kappa shape index (κ1) is 10.5. The minimum Gasteiger partial charge on any atom is -0.504 e. The first-order valence-corrected chi connectivity index (χ1v) is 4.15. The molecule has 1 rings (SSSR count). The van der Waals surface area contributed by atoms with E-state index in [0.717, 1.165) is 0 Å². The largest absolute Gasteiger partial charge is 0.504 e. The maximum atomic E-state index is 11.3. The molecule has 0 spiro atoms. The quantitative estimate of drug-likeness (QED) is 0.707. The molecule has 0 unspecified atom stereocenters. The van der Waals surface area contributed by atoms with Gasteiger partial charge in [0, 0.05) is 5.56 Å². The lowest BCUT2D eigenvalue weighted by molar-refractivity contribution is 0.0779. The molecule has 0 aliphatic carbocycles. The molecular weight excluding hydrogens is 184 g/mol. The van der Waals surface area contributed by atoms with Crippen molar-refractivity contribution in [1.29, 1.82) is 0 Å². The van der Waals surface area contributed by atoms with Crippen molar-refractivity contribution in [3.05, 3.63) is 23.8 Å². The summed E-state index contributed by atoms with van der Waals surface area (Å²) < 4.78 is 4.83. The summed E-state index contributed by atoms with van der Waals surface area (Å²) >= 11 is 0. The molecule has 0 bridgehead atoms. The van der Waals surface area contributed by atoms with E-state index in [9.17, 15) is 9.90 Å². The number of rotatable bonds is 3. The molecule has 2 N–H and O–H groups in total. The van der Waals surface area contributed by atoms with Crippen LogP contribution in [-0.4, -0.2) is 29.2 Å². The Bertz CT molecular complexity index is 344. The molecule has 0 saturated carbocycles. The van der Waals surface area contributed by atoms with Crippen molar-refractivity contribution in [3.63, 3.8) is 0 Å². The van der Waals surface area contributed by atoms with Crippen LogP contribution in [0.5, 0.6) is 11.5 Å². The smallest absolute Gasteiger partial charge is 0.191 e. The first-order valence-electron chi connectivity index (χ1n) is 4.15. The summed E-state index contributed by atoms with van der Waals surface area (Å²) in [5, 5.41) is 18.3. The molecule has 0 fully saturated rings. The Kier molecular flexibility index (Phi) is 3.09. The van der Waals surface area contributed by atoms with Gasteiger partial charge in [0.25, 0.3) is 0 Å². The van der Waals surface area contributed by atoms with Crippen molar-refractivity contribution in [2.45, 2.75) is 13.0 Å². The summed E-state index contributed by atoms with van der Waals surface area (Å²) in [4.78, 5) is 11.3. The number of Topliss-reactive ketones (excluding diaryl/α,β-unsaturated/α-hetero) is 1. The number of hydrogen-bond acceptors (Lipinski definition) is 4. The van der Waals surface area contributed by atoms with Crippen molar-refractivity contribution < 1.29 is 19.7 Å². The number of ketones is 1. The number of methoxy groups -OCH3 is 1. The molecular formula is C10H12O4. The molecule has 0 amide bonds. The highest BCUT2D eigenvalue weighted by Gasteiger charge is 2.13. The Morgan fingerprint density at radius 3 is 2.64 bits per heavy atom. The molecule has 0 radical (unpaired) electrons. The highest BCUT2D eigenvalue weighted by atomic mass is 16.5. The van der Waals surface area contributed by atoms with Crippen LogP contribution in [0, 0.1) is 0 Å². The van der Waals surface area contributed by atoms with E-state index in [1.54, 1.807) is 0 Å². The summed E-state index contributed by atoms with van der Waals surface area (Å²) in [7, 11) is 1.39. The molecule has 14 heavy (non-hydrogen) atoms. The zero-order valence-corrected chi connectivity index (χ0v) is 8.02. The van der Waals surface area contributed by atoms with Gasteiger partial charge in [-0.25, -0.2) is 0 Å². The zero-order valence-electron chi connectivity index (χ0n) is 8.02. The number of phenols is 1. The zero-order chi connectivity index (χ0) is 10.7. The second-order valence-electron chi connectivity index (χ2n) is 2.93. The number of aliphatic hydroxyl groups is 1. The molecule has 0 heterocycles. The lowest BCUT2D eigenvalue weighted by atomic mass is 10.1. The van der Waals surface area contributed by atoms with Crippen LogP contribution in [0.1, 0.15) is 17.3 Å². The lowest BCUT2D eigenvalue weighted by Crippen LogP contribution is -2.15. The van der Waals surface area contributed by atoms with E-state index < -0.39 is 11.9 Å². The fourth-order valence-electron chi connectivity index (χ4n) is 1.07. The molecule has 76 valence electrons. The molecule has 0 aliphatic rings. The highest BCUT2D eigenvalue weighted by Crippen LogP contribution is 2.26. The fourth-order valence-corrected chi connectivity index (χ4v) is 1.07. The molecule has 4 heteroatoms. The van der Waals surface area contributed by atoms with Gasteiger partial charge in [0.1, 0.15) is 6.10 Å². The Morgan fingerprint density at radius 1 is 1.50 bits per heavy atom. The fraction of sp³-hybridized carbons (Fsp3) is 0.300. The molecule has 0 aliphatic heterocycles. The molecule has 0 saturated heterocycles. The van der Waals surface area contributed by atoms with Gasteiger partial charge in [-0.1, -0.05) is 0 Å². The van der Waals surface area contributed by atoms with Gasteiger partial charge in [-0.15, -0.1) is 0 Å². The third-order valence-corrected chi connectivity index (χ3v) is 1.84. The Morgan fingerprint density at radius 2 is 2.14 bits per heavy atom. The maximum absolute atomic E-state index is 11.3. The van der Waals surface area contributed by atoms with Crippen molar-refractivity contribution in [2.24, 2.45) is 0 Å². The molecule has 1 aromatic carbocycles. The predicted octanol–water partition coefficient (Wildman–Crippen LogP) is 0.964. The van der Waals surface area contributed by atoms with Crippen molar-refractivity contribution in [1.82, 2.24) is 0 Å². The third-order valence-electron chi connectivity index (χ3n) is 1.84. The van der Waals surface area contributed by atoms with Gasteiger partial charge in [0.2, 0.25) is 0 Å². The maximum Gasteiger partial charge on any atom is 0.191 e. The average Bonchev–Trinajstić information content (AvgIpc) is 2.17. The number of phenolic OH excluding ortho intramolecular Hbond substituents is 1. The van der Waals surface area contributed by atoms with E-state index in [-0.39, 0.29) is 11.5 Å². The van der Waals surface area contributed by atoms with Gasteiger partial charge in [0.05, 0.1) is 7.11 Å². The van der Waals surface area contributed by atoms with Gasteiger partial charge in [-0.2, -0.15) is 0 Å². The van der Waals surface area contributed by atoms with E-state index in [4.69, 9.17) is 9.84 Å². The van der Waals surface area contributed by atoms with Crippen LogP contribution in [0.2, 0.25) is 0 Å². The second kappa shape index (κ2) is 4.11. The van der Waals surface area contributed by atoms with Gasteiger partial charge < -0.3 is 14.9 Å². The first-order chi connectivity index (χ1) is 6.56. The topological polar surface area (TPSA) is 66.8 Å². The van der Waals surface area contributed by atoms with E-state index in [2.05, 4.69) is 0 Å². The number of carbonyl (C=O) groups excluding carboxylic acids is 1. The number of carbonyl (C=O) groups is 1. The van der Waals surface area contributed by atoms with Gasteiger partial charge in [-0.3, -0.25) is 4.79 Å². The van der Waals surface area contributed by atoms with E-state index in [1.165, 1.54) is 32.2 Å². The van der Waals surface area contributed by atoms with Crippen molar-refractivity contribution in [2.75, 3.05) is 7.11 Å². The minimum atomic E-state index is -1.05. The number of ether oxygens (including phenoxy) is 1. The summed E-state index contributed by atoms with van der Waals surface area (Å²) in [6, 6.07) is 4.19. The van der Waals surface area contributed by atoms with Crippen LogP contribution in [0.25, 0.3) is 0 Å². The number of aliphatic hydroxyl groups excluding tert-OH is 1. The number of aromatic hydroxyl groups is 1. The van der Waals surface area contributed by atoms with Crippen LogP contribution in [0.3, 0.4) is 0 Å². The summed E-state index contributed by atoms with van der Waals surface area (Å²) in [5.74, 6) is -0.213. The lowest BCUT2D eigenvalue weighted by Gasteiger charge is -2.07. The molecule has 1 atom stereocenters. The molecule has 4 nitrogen and oxygen atoms in total. The number of hydrogen-bond donors (Lipinski definition) is 2. The van der Waals surface area contributed by atoms with Crippen molar-refractivity contribution >= 4 is 5.78 Å². The van der Waals surface area contributed by atoms with Gasteiger partial charge in [0.15, 0.2) is 17.3 Å². The van der Waals surface area contributed by atoms with Crippen LogP contribution < -0.4 is 4.74 Å². The van der Waals surface area contributed by atoms with Crippen LogP contribution in [-0.2, 0) is 0 Å². The SMILES string of the molecule is COc1cc(C(=O)[C@H](C)O)ccc1O. The van der Waals surface area contributed by atoms with Gasteiger partial charge in [-0.05, 0) is 25.1 Å². The van der Waals surface area contributed by atoms with E-state index >= 15 is 0 Å². The van der Waals surface area contributed by atoms with Crippen LogP contribution in [0.4, 0.5) is 0 Å². The predicted molar refractivity (Wildman–Crippen MR) is 50.7 cm³/mol. The average molecular weight is 196 g/mol. The van der Waals surface area contributed by atoms with Crippen molar-refractivity contribution in [3.8, 4) is 11.5 Å². The van der Waals surface area contributed by atoms with E-state index in [1.807, 2.05) is 0 Å². The standard InChI is InChI=1S/C10H12O4/c1-6(11)10(13)7-3-4-8(12)9(5-7)14-2/h3-6,11-12H,1-2H3/t6-/m0/s1. The Labute approximate surface area is 81.8 Å². The van der Waals surface area contributed by atoms with E-state index in [0.29, 0.717) is 5.56 Å². The van der Waals surface area contributed by atoms with Gasteiger partial charge >= 0.3 is 0 Å². The minimum absolute atomic E-state index is 0.0327.